The number of benzene rings is 1. The van der Waals surface area contributed by atoms with Crippen molar-refractivity contribution in [2.45, 2.75) is 0 Å². The molecule has 0 bridgehead atoms. The van der Waals surface area contributed by atoms with E-state index in [1.165, 1.54) is 6.08 Å². The Morgan fingerprint density at radius 3 is 2.00 bits per heavy atom. The fraction of sp³-hybridized carbons (Fsp3) is 0. The Balaban J connectivity index is 2.84. The second-order valence-corrected chi connectivity index (χ2v) is 2.28. The molecule has 0 saturated carbocycles. The zero-order valence-corrected chi connectivity index (χ0v) is 6.44. The Labute approximate surface area is 70.5 Å². The highest BCUT2D eigenvalue weighted by Crippen LogP contribution is 2.03. The molecule has 2 nitrogen and oxygen atoms in total. The molecule has 0 atom stereocenters. The lowest BCUT2D eigenvalue weighted by atomic mass is 10.1. The van der Waals surface area contributed by atoms with Crippen molar-refractivity contribution < 1.29 is 9.59 Å². The van der Waals surface area contributed by atoms with Crippen LogP contribution in [-0.2, 0) is 4.79 Å². The van der Waals surface area contributed by atoms with Crippen molar-refractivity contribution in [1.29, 1.82) is 0 Å². The topological polar surface area (TPSA) is 34.1 Å². The molecule has 0 N–H and O–H groups in total. The highest BCUT2D eigenvalue weighted by molar-refractivity contribution is 5.77. The van der Waals surface area contributed by atoms with Crippen LogP contribution in [0.25, 0.3) is 6.08 Å². The highest BCUT2D eigenvalue weighted by atomic mass is 16.1. The summed E-state index contributed by atoms with van der Waals surface area (Å²) in [4.78, 5) is 20.2. The normalized spacial score (nSPS) is 10.0. The molecule has 2 heteroatoms. The van der Waals surface area contributed by atoms with E-state index in [4.69, 9.17) is 0 Å². The predicted molar refractivity (Wildman–Crippen MR) is 46.9 cm³/mol. The zero-order chi connectivity index (χ0) is 8.81. The molecule has 0 unspecified atom stereocenters. The molecule has 12 heavy (non-hydrogen) atoms. The quantitative estimate of drug-likeness (QED) is 0.498. The molecule has 0 fully saturated rings. The van der Waals surface area contributed by atoms with Crippen LogP contribution in [0.1, 0.15) is 15.9 Å². The monoisotopic (exact) mass is 160 g/mol. The summed E-state index contributed by atoms with van der Waals surface area (Å²) in [6.07, 6.45) is 4.60. The summed E-state index contributed by atoms with van der Waals surface area (Å²) in [6, 6.07) is 6.97. The number of aldehydes is 2. The van der Waals surface area contributed by atoms with Crippen molar-refractivity contribution in [1.82, 2.24) is 0 Å². The van der Waals surface area contributed by atoms with E-state index < -0.39 is 0 Å². The highest BCUT2D eigenvalue weighted by Gasteiger charge is 1.88. The van der Waals surface area contributed by atoms with Gasteiger partial charge in [-0.05, 0) is 11.6 Å². The van der Waals surface area contributed by atoms with Gasteiger partial charge < -0.3 is 0 Å². The van der Waals surface area contributed by atoms with Crippen molar-refractivity contribution in [2.75, 3.05) is 0 Å². The maximum Gasteiger partial charge on any atom is 0.150 e. The van der Waals surface area contributed by atoms with Gasteiger partial charge in [-0.2, -0.15) is 0 Å². The van der Waals surface area contributed by atoms with Gasteiger partial charge in [0.25, 0.3) is 0 Å². The third kappa shape index (κ3) is 2.16. The Morgan fingerprint density at radius 1 is 0.917 bits per heavy atom. The Bertz CT molecular complexity index is 296. The lowest BCUT2D eigenvalue weighted by Crippen LogP contribution is -1.78. The van der Waals surface area contributed by atoms with Crippen LogP contribution in [0.4, 0.5) is 0 Å². The van der Waals surface area contributed by atoms with Crippen molar-refractivity contribution in [3.8, 4) is 0 Å². The summed E-state index contributed by atoms with van der Waals surface area (Å²) in [6.45, 7) is 0. The van der Waals surface area contributed by atoms with Crippen molar-refractivity contribution >= 4 is 18.6 Å². The van der Waals surface area contributed by atoms with Crippen LogP contribution in [0.5, 0.6) is 0 Å². The first kappa shape index (κ1) is 8.40. The first-order valence-electron chi connectivity index (χ1n) is 3.54. The molecule has 0 radical (unpaired) electrons. The molecule has 0 spiro atoms. The van der Waals surface area contributed by atoms with Crippen LogP contribution in [0.3, 0.4) is 0 Å². The average Bonchev–Trinajstić information content (AvgIpc) is 2.15. The number of carbonyl (C=O) groups is 2. The van der Waals surface area contributed by atoms with Crippen molar-refractivity contribution in [2.24, 2.45) is 0 Å². The van der Waals surface area contributed by atoms with E-state index in [2.05, 4.69) is 0 Å². The Hall–Kier alpha value is -1.70. The molecule has 0 aromatic heterocycles. The molecule has 0 heterocycles. The van der Waals surface area contributed by atoms with Crippen molar-refractivity contribution in [3.05, 3.63) is 41.5 Å². The van der Waals surface area contributed by atoms with E-state index in [0.29, 0.717) is 11.8 Å². The van der Waals surface area contributed by atoms with Gasteiger partial charge in [-0.1, -0.05) is 30.3 Å². The van der Waals surface area contributed by atoms with Gasteiger partial charge in [-0.25, -0.2) is 0 Å². The minimum Gasteiger partial charge on any atom is -0.299 e. The van der Waals surface area contributed by atoms with E-state index in [0.717, 1.165) is 11.8 Å². The maximum absolute atomic E-state index is 10.3. The van der Waals surface area contributed by atoms with Gasteiger partial charge in [0.1, 0.15) is 12.6 Å². The van der Waals surface area contributed by atoms with Crippen LogP contribution in [0, 0.1) is 0 Å². The number of allylic oxidation sites excluding steroid dienone is 1. The Morgan fingerprint density at radius 2 is 1.50 bits per heavy atom. The van der Waals surface area contributed by atoms with Crippen LogP contribution >= 0.6 is 0 Å². The van der Waals surface area contributed by atoms with E-state index >= 15 is 0 Å². The van der Waals surface area contributed by atoms with E-state index in [9.17, 15) is 9.59 Å². The zero-order valence-electron chi connectivity index (χ0n) is 6.44. The number of hydrogen-bond acceptors (Lipinski definition) is 2. The number of hydrogen-bond donors (Lipinski definition) is 0. The maximum atomic E-state index is 10.3. The molecular formula is C10H8O2. The van der Waals surface area contributed by atoms with Crippen LogP contribution < -0.4 is 0 Å². The molecule has 0 aliphatic heterocycles. The minimum atomic E-state index is 0.637. The molecule has 1 rings (SSSR count). The van der Waals surface area contributed by atoms with Crippen LogP contribution in [-0.4, -0.2) is 12.6 Å². The van der Waals surface area contributed by atoms with Crippen LogP contribution in [0.15, 0.2) is 30.3 Å². The standard InChI is InChI=1S/C10H8O2/c11-7-1-2-9-3-5-10(8-12)6-4-9/h1-8H. The molecule has 1 aromatic rings. The van der Waals surface area contributed by atoms with Gasteiger partial charge in [0.15, 0.2) is 0 Å². The third-order valence-corrected chi connectivity index (χ3v) is 1.44. The van der Waals surface area contributed by atoms with Crippen LogP contribution in [0.2, 0.25) is 0 Å². The lowest BCUT2D eigenvalue weighted by molar-refractivity contribution is -0.104. The number of rotatable bonds is 3. The SMILES string of the molecule is O=CC=Cc1ccc(C=O)cc1. The predicted octanol–water partition coefficient (Wildman–Crippen LogP) is 1.71. The van der Waals surface area contributed by atoms with Gasteiger partial charge in [0.05, 0.1) is 0 Å². The van der Waals surface area contributed by atoms with Gasteiger partial charge >= 0.3 is 0 Å². The van der Waals surface area contributed by atoms with Gasteiger partial charge in [-0.15, -0.1) is 0 Å². The largest absolute Gasteiger partial charge is 0.299 e. The van der Waals surface area contributed by atoms with Crippen molar-refractivity contribution in [3.63, 3.8) is 0 Å². The average molecular weight is 160 g/mol. The molecule has 1 aromatic carbocycles. The smallest absolute Gasteiger partial charge is 0.150 e. The first-order valence-corrected chi connectivity index (χ1v) is 3.54. The fourth-order valence-corrected chi connectivity index (χ4v) is 0.836. The second-order valence-electron chi connectivity index (χ2n) is 2.28. The Kier molecular flexibility index (Phi) is 2.96. The summed E-state index contributed by atoms with van der Waals surface area (Å²) >= 11 is 0. The summed E-state index contributed by atoms with van der Waals surface area (Å²) in [5.74, 6) is 0. The number of carbonyl (C=O) groups excluding carboxylic acids is 2. The molecule has 60 valence electrons. The summed E-state index contributed by atoms with van der Waals surface area (Å²) in [5, 5.41) is 0. The van der Waals surface area contributed by atoms with Gasteiger partial charge in [0, 0.05) is 5.56 Å². The van der Waals surface area contributed by atoms with E-state index in [-0.39, 0.29) is 0 Å². The van der Waals surface area contributed by atoms with Gasteiger partial charge in [0.2, 0.25) is 0 Å². The molecule has 0 aliphatic rings. The first-order chi connectivity index (χ1) is 5.86. The van der Waals surface area contributed by atoms with E-state index in [1.54, 1.807) is 30.3 Å². The second kappa shape index (κ2) is 4.23. The van der Waals surface area contributed by atoms with Gasteiger partial charge in [-0.3, -0.25) is 9.59 Å². The molecule has 0 amide bonds. The third-order valence-electron chi connectivity index (χ3n) is 1.44. The molecule has 0 saturated heterocycles. The fourth-order valence-electron chi connectivity index (χ4n) is 0.836. The molecular weight excluding hydrogens is 152 g/mol. The molecule has 0 aliphatic carbocycles. The van der Waals surface area contributed by atoms with E-state index in [1.807, 2.05) is 0 Å². The minimum absolute atomic E-state index is 0.637. The summed E-state index contributed by atoms with van der Waals surface area (Å²) < 4.78 is 0. The summed E-state index contributed by atoms with van der Waals surface area (Å²) in [7, 11) is 0. The summed E-state index contributed by atoms with van der Waals surface area (Å²) in [5.41, 5.74) is 1.55. The lowest BCUT2D eigenvalue weighted by Gasteiger charge is -1.91.